The average Bonchev–Trinajstić information content (AvgIpc) is 3.23. The lowest BCUT2D eigenvalue weighted by Gasteiger charge is -2.26. The first-order chi connectivity index (χ1) is 14.7. The Kier molecular flexibility index (Phi) is 6.44. The molecule has 1 N–H and O–H groups in total. The van der Waals surface area contributed by atoms with Gasteiger partial charge in [0.15, 0.2) is 0 Å². The average molecular weight is 408 g/mol. The van der Waals surface area contributed by atoms with E-state index < -0.39 is 0 Å². The Morgan fingerprint density at radius 1 is 0.967 bits per heavy atom. The molecule has 1 aliphatic rings. The van der Waals surface area contributed by atoms with Crippen LogP contribution in [-0.2, 0) is 24.4 Å². The zero-order chi connectivity index (χ0) is 20.8. The van der Waals surface area contributed by atoms with Gasteiger partial charge in [-0.3, -0.25) is 9.69 Å². The number of nitrogens with one attached hydrogen (secondary N) is 1. The van der Waals surface area contributed by atoms with E-state index in [1.54, 1.807) is 12.1 Å². The van der Waals surface area contributed by atoms with Gasteiger partial charge in [-0.1, -0.05) is 42.8 Å². The van der Waals surface area contributed by atoms with Gasteiger partial charge in [-0.25, -0.2) is 4.39 Å². The fraction of sp³-hybridized carbons (Fsp3) is 0.364. The van der Waals surface area contributed by atoms with Crippen molar-refractivity contribution in [3.63, 3.8) is 0 Å². The predicted octanol–water partition coefficient (Wildman–Crippen LogP) is 2.78. The van der Waals surface area contributed by atoms with Crippen LogP contribution < -0.4 is 5.32 Å². The zero-order valence-corrected chi connectivity index (χ0v) is 16.8. The summed E-state index contributed by atoms with van der Waals surface area (Å²) in [6.45, 7) is 3.59. The molecule has 156 valence electrons. The number of aromatic nitrogens is 4. The Balaban J connectivity index is 1.29. The summed E-state index contributed by atoms with van der Waals surface area (Å²) in [7, 11) is 0. The van der Waals surface area contributed by atoms with E-state index in [1.165, 1.54) is 54.8 Å². The molecule has 1 aromatic heterocycles. The van der Waals surface area contributed by atoms with Crippen molar-refractivity contribution in [1.82, 2.24) is 30.4 Å². The van der Waals surface area contributed by atoms with Gasteiger partial charge in [-0.15, -0.1) is 10.2 Å². The monoisotopic (exact) mass is 408 g/mol. The van der Waals surface area contributed by atoms with Crippen LogP contribution in [0.1, 0.15) is 30.4 Å². The number of tetrazole rings is 1. The second kappa shape index (κ2) is 9.58. The van der Waals surface area contributed by atoms with Crippen molar-refractivity contribution < 1.29 is 9.18 Å². The molecular formula is C22H25FN6O. The minimum atomic E-state index is -0.302. The van der Waals surface area contributed by atoms with Crippen LogP contribution in [0.15, 0.2) is 48.5 Å². The lowest BCUT2D eigenvalue weighted by atomic mass is 10.1. The fourth-order valence-electron chi connectivity index (χ4n) is 3.55. The summed E-state index contributed by atoms with van der Waals surface area (Å²) < 4.78 is 12.9. The van der Waals surface area contributed by atoms with E-state index in [0.29, 0.717) is 12.4 Å². The van der Waals surface area contributed by atoms with Gasteiger partial charge in [-0.2, -0.15) is 4.80 Å². The number of carbonyl (C=O) groups is 1. The van der Waals surface area contributed by atoms with Gasteiger partial charge in [-0.05, 0) is 54.4 Å². The Morgan fingerprint density at radius 3 is 2.40 bits per heavy atom. The van der Waals surface area contributed by atoms with Crippen molar-refractivity contribution in [3.05, 3.63) is 65.5 Å². The molecule has 0 radical (unpaired) electrons. The highest BCUT2D eigenvalue weighted by Gasteiger charge is 2.12. The highest BCUT2D eigenvalue weighted by atomic mass is 19.1. The largest absolute Gasteiger partial charge is 0.350 e. The highest BCUT2D eigenvalue weighted by molar-refractivity contribution is 5.75. The highest BCUT2D eigenvalue weighted by Crippen LogP contribution is 2.17. The maximum absolute atomic E-state index is 12.9. The van der Waals surface area contributed by atoms with Crippen LogP contribution in [0.4, 0.5) is 4.39 Å². The molecule has 8 heteroatoms. The van der Waals surface area contributed by atoms with Gasteiger partial charge in [0.2, 0.25) is 11.7 Å². The van der Waals surface area contributed by atoms with E-state index in [-0.39, 0.29) is 18.3 Å². The molecule has 0 unspecified atom stereocenters. The summed E-state index contributed by atoms with van der Waals surface area (Å²) in [5.74, 6) is -0.0463. The molecule has 7 nitrogen and oxygen atoms in total. The van der Waals surface area contributed by atoms with Crippen LogP contribution in [0.3, 0.4) is 0 Å². The third kappa shape index (κ3) is 5.48. The second-order valence-electron chi connectivity index (χ2n) is 7.58. The zero-order valence-electron chi connectivity index (χ0n) is 16.8. The number of nitrogens with zero attached hydrogens (tertiary/aromatic N) is 5. The topological polar surface area (TPSA) is 75.9 Å². The number of amides is 1. The van der Waals surface area contributed by atoms with Crippen molar-refractivity contribution in [2.75, 3.05) is 13.1 Å². The Morgan fingerprint density at radius 2 is 1.67 bits per heavy atom. The maximum atomic E-state index is 12.9. The van der Waals surface area contributed by atoms with Gasteiger partial charge in [0.25, 0.3) is 0 Å². The van der Waals surface area contributed by atoms with E-state index in [4.69, 9.17) is 0 Å². The number of carbonyl (C=O) groups excluding carboxylic acids is 1. The van der Waals surface area contributed by atoms with Gasteiger partial charge < -0.3 is 5.32 Å². The first-order valence-corrected chi connectivity index (χ1v) is 10.3. The summed E-state index contributed by atoms with van der Waals surface area (Å²) in [5.41, 5.74) is 2.96. The Labute approximate surface area is 174 Å². The third-order valence-corrected chi connectivity index (χ3v) is 5.21. The van der Waals surface area contributed by atoms with Crippen LogP contribution in [0.2, 0.25) is 0 Å². The maximum Gasteiger partial charge on any atom is 0.243 e. The molecule has 3 aromatic rings. The number of piperidine rings is 1. The summed E-state index contributed by atoms with van der Waals surface area (Å²) >= 11 is 0. The number of rotatable bonds is 7. The van der Waals surface area contributed by atoms with Crippen LogP contribution in [-0.4, -0.2) is 44.1 Å². The minimum Gasteiger partial charge on any atom is -0.350 e. The van der Waals surface area contributed by atoms with Crippen molar-refractivity contribution in [2.24, 2.45) is 0 Å². The molecule has 0 spiro atoms. The Bertz CT molecular complexity index is 964. The fourth-order valence-corrected chi connectivity index (χ4v) is 3.55. The van der Waals surface area contributed by atoms with Gasteiger partial charge in [0, 0.05) is 18.7 Å². The normalized spacial score (nSPS) is 14.6. The van der Waals surface area contributed by atoms with Crippen molar-refractivity contribution in [2.45, 2.75) is 38.9 Å². The lowest BCUT2D eigenvalue weighted by Crippen LogP contribution is -2.29. The number of hydrogen-bond acceptors (Lipinski definition) is 5. The van der Waals surface area contributed by atoms with Crippen molar-refractivity contribution in [1.29, 1.82) is 0 Å². The van der Waals surface area contributed by atoms with Crippen LogP contribution in [0.5, 0.6) is 0 Å². The quantitative estimate of drug-likeness (QED) is 0.651. The van der Waals surface area contributed by atoms with Crippen molar-refractivity contribution >= 4 is 5.91 Å². The lowest BCUT2D eigenvalue weighted by molar-refractivity contribution is -0.122. The Hall–Kier alpha value is -3.13. The first-order valence-electron chi connectivity index (χ1n) is 10.3. The second-order valence-corrected chi connectivity index (χ2v) is 7.58. The molecule has 0 bridgehead atoms. The minimum absolute atomic E-state index is 0.0265. The molecular weight excluding hydrogens is 383 g/mol. The van der Waals surface area contributed by atoms with Gasteiger partial charge in [0.1, 0.15) is 12.4 Å². The van der Waals surface area contributed by atoms with E-state index in [0.717, 1.165) is 17.7 Å². The van der Waals surface area contributed by atoms with Crippen molar-refractivity contribution in [3.8, 4) is 11.4 Å². The van der Waals surface area contributed by atoms with Crippen LogP contribution in [0.25, 0.3) is 11.4 Å². The number of likely N-dealkylation sites (tertiary alicyclic amines) is 1. The summed E-state index contributed by atoms with van der Waals surface area (Å²) in [6, 6.07) is 14.2. The first kappa shape index (κ1) is 20.2. The molecule has 0 atom stereocenters. The van der Waals surface area contributed by atoms with Crippen LogP contribution in [0, 0.1) is 5.82 Å². The summed E-state index contributed by atoms with van der Waals surface area (Å²) in [4.78, 5) is 15.9. The summed E-state index contributed by atoms with van der Waals surface area (Å²) in [6.07, 6.45) is 3.90. The molecule has 1 amide bonds. The standard InChI is InChI=1S/C22H25FN6O/c23-20-10-6-17(7-11-20)14-24-21(30)16-29-26-22(25-27-29)19-8-4-18(5-9-19)15-28-12-2-1-3-13-28/h4-11H,1-3,12-16H2,(H,24,30). The third-order valence-electron chi connectivity index (χ3n) is 5.21. The molecule has 30 heavy (non-hydrogen) atoms. The molecule has 4 rings (SSSR count). The smallest absolute Gasteiger partial charge is 0.243 e. The van der Waals surface area contributed by atoms with E-state index in [9.17, 15) is 9.18 Å². The molecule has 1 aliphatic heterocycles. The summed E-state index contributed by atoms with van der Waals surface area (Å²) in [5, 5.41) is 15.1. The molecule has 1 saturated heterocycles. The van der Waals surface area contributed by atoms with Gasteiger partial charge in [0.05, 0.1) is 0 Å². The number of benzene rings is 2. The van der Waals surface area contributed by atoms with Gasteiger partial charge >= 0.3 is 0 Å². The van der Waals surface area contributed by atoms with E-state index in [2.05, 4.69) is 37.8 Å². The molecule has 0 aliphatic carbocycles. The molecule has 0 saturated carbocycles. The van der Waals surface area contributed by atoms with E-state index >= 15 is 0 Å². The number of halogens is 1. The van der Waals surface area contributed by atoms with E-state index in [1.807, 2.05) is 12.1 Å². The molecule has 2 heterocycles. The predicted molar refractivity (Wildman–Crippen MR) is 111 cm³/mol. The molecule has 1 fully saturated rings. The number of hydrogen-bond donors (Lipinski definition) is 1. The molecule has 2 aromatic carbocycles. The van der Waals surface area contributed by atoms with Crippen LogP contribution >= 0.6 is 0 Å². The SMILES string of the molecule is O=C(Cn1nnc(-c2ccc(CN3CCCCC3)cc2)n1)NCc1ccc(F)cc1.